The second-order valence-electron chi connectivity index (χ2n) is 4.92. The van der Waals surface area contributed by atoms with Gasteiger partial charge in [0.05, 0.1) is 24.7 Å². The molecule has 0 atom stereocenters. The van der Waals surface area contributed by atoms with Crippen molar-refractivity contribution in [1.82, 2.24) is 19.7 Å². The average molecular weight is 337 g/mol. The zero-order chi connectivity index (χ0) is 17.6. The van der Waals surface area contributed by atoms with Crippen LogP contribution in [0.15, 0.2) is 55.1 Å². The first-order valence-corrected chi connectivity index (χ1v) is 7.58. The van der Waals surface area contributed by atoms with Crippen molar-refractivity contribution in [2.45, 2.75) is 6.92 Å². The summed E-state index contributed by atoms with van der Waals surface area (Å²) in [5.74, 6) is -0.865. The van der Waals surface area contributed by atoms with E-state index in [4.69, 9.17) is 4.74 Å². The summed E-state index contributed by atoms with van der Waals surface area (Å²) in [6, 6.07) is 9.13. The number of nitrogens with one attached hydrogen (secondary N) is 1. The van der Waals surface area contributed by atoms with Crippen LogP contribution in [0, 0.1) is 0 Å². The number of ether oxygens (including phenoxy) is 1. The normalized spacial score (nSPS) is 10.3. The molecule has 1 aromatic carbocycles. The summed E-state index contributed by atoms with van der Waals surface area (Å²) in [5.41, 5.74) is 0.966. The quantitative estimate of drug-likeness (QED) is 0.716. The number of para-hydroxylation sites is 1. The van der Waals surface area contributed by atoms with E-state index in [1.165, 1.54) is 29.5 Å². The number of carbonyl (C=O) groups is 2. The van der Waals surface area contributed by atoms with Gasteiger partial charge in [0.15, 0.2) is 5.82 Å². The molecule has 0 spiro atoms. The van der Waals surface area contributed by atoms with Gasteiger partial charge in [-0.2, -0.15) is 5.10 Å². The van der Waals surface area contributed by atoms with Crippen LogP contribution in [-0.2, 0) is 4.74 Å². The van der Waals surface area contributed by atoms with Crippen molar-refractivity contribution < 1.29 is 14.3 Å². The summed E-state index contributed by atoms with van der Waals surface area (Å²) in [5, 5.41) is 6.87. The highest BCUT2D eigenvalue weighted by molar-refractivity contribution is 6.06. The highest BCUT2D eigenvalue weighted by Gasteiger charge is 2.22. The largest absolute Gasteiger partial charge is 0.462 e. The van der Waals surface area contributed by atoms with Crippen molar-refractivity contribution in [3.05, 3.63) is 66.4 Å². The second-order valence-corrected chi connectivity index (χ2v) is 4.92. The fraction of sp³-hybridized carbons (Fsp3) is 0.118. The zero-order valence-electron chi connectivity index (χ0n) is 13.4. The van der Waals surface area contributed by atoms with Crippen LogP contribution >= 0.6 is 0 Å². The Morgan fingerprint density at radius 1 is 1.16 bits per heavy atom. The van der Waals surface area contributed by atoms with Gasteiger partial charge >= 0.3 is 5.97 Å². The molecule has 0 bridgehead atoms. The van der Waals surface area contributed by atoms with Gasteiger partial charge < -0.3 is 10.1 Å². The van der Waals surface area contributed by atoms with Crippen LogP contribution in [0.1, 0.15) is 27.8 Å². The molecule has 0 radical (unpaired) electrons. The maximum absolute atomic E-state index is 12.4. The molecule has 0 unspecified atom stereocenters. The van der Waals surface area contributed by atoms with Gasteiger partial charge in [-0.15, -0.1) is 0 Å². The third-order valence-electron chi connectivity index (χ3n) is 3.29. The standard InChI is InChI=1S/C17H15N5O3/c1-2-25-17(24)13-10-20-22(12-6-4-3-5-7-12)15(13)21-16(23)14-11-18-8-9-19-14/h3-11H,2H2,1H3,(H,21,23). The molecule has 0 saturated heterocycles. The number of amides is 1. The van der Waals surface area contributed by atoms with Gasteiger partial charge in [-0.1, -0.05) is 18.2 Å². The van der Waals surface area contributed by atoms with E-state index in [0.717, 1.165) is 0 Å². The molecule has 3 rings (SSSR count). The molecule has 8 heteroatoms. The monoisotopic (exact) mass is 337 g/mol. The van der Waals surface area contributed by atoms with E-state index in [0.29, 0.717) is 5.69 Å². The SMILES string of the molecule is CCOC(=O)c1cnn(-c2ccccc2)c1NC(=O)c1cnccn1. The number of anilines is 1. The second kappa shape index (κ2) is 7.35. The lowest BCUT2D eigenvalue weighted by Gasteiger charge is -2.10. The van der Waals surface area contributed by atoms with Crippen LogP contribution in [0.3, 0.4) is 0 Å². The Kier molecular flexibility index (Phi) is 4.79. The summed E-state index contributed by atoms with van der Waals surface area (Å²) in [6.45, 7) is 1.92. The Morgan fingerprint density at radius 3 is 2.64 bits per heavy atom. The van der Waals surface area contributed by atoms with Gasteiger partial charge in [0.2, 0.25) is 0 Å². The van der Waals surface area contributed by atoms with Gasteiger partial charge in [-0.25, -0.2) is 14.5 Å². The molecule has 2 heterocycles. The fourth-order valence-electron chi connectivity index (χ4n) is 2.18. The van der Waals surface area contributed by atoms with E-state index in [-0.39, 0.29) is 23.7 Å². The summed E-state index contributed by atoms with van der Waals surface area (Å²) >= 11 is 0. The first-order valence-electron chi connectivity index (χ1n) is 7.58. The van der Waals surface area contributed by atoms with Crippen LogP contribution < -0.4 is 5.32 Å². The van der Waals surface area contributed by atoms with Gasteiger partial charge in [-0.05, 0) is 19.1 Å². The number of hydrogen-bond acceptors (Lipinski definition) is 6. The summed E-state index contributed by atoms with van der Waals surface area (Å²) < 4.78 is 6.49. The molecule has 25 heavy (non-hydrogen) atoms. The third-order valence-corrected chi connectivity index (χ3v) is 3.29. The van der Waals surface area contributed by atoms with Gasteiger partial charge in [0, 0.05) is 12.4 Å². The van der Waals surface area contributed by atoms with E-state index < -0.39 is 11.9 Å². The third kappa shape index (κ3) is 3.52. The van der Waals surface area contributed by atoms with Crippen molar-refractivity contribution in [1.29, 1.82) is 0 Å². The predicted molar refractivity (Wildman–Crippen MR) is 89.5 cm³/mol. The van der Waals surface area contributed by atoms with Crippen molar-refractivity contribution in [2.75, 3.05) is 11.9 Å². The maximum Gasteiger partial charge on any atom is 0.343 e. The predicted octanol–water partition coefficient (Wildman–Crippen LogP) is 2.09. The lowest BCUT2D eigenvalue weighted by Crippen LogP contribution is -2.19. The van der Waals surface area contributed by atoms with Gasteiger partial charge in [0.25, 0.3) is 5.91 Å². The lowest BCUT2D eigenvalue weighted by molar-refractivity contribution is 0.0527. The first-order chi connectivity index (χ1) is 12.2. The van der Waals surface area contributed by atoms with Crippen LogP contribution in [0.5, 0.6) is 0 Å². The van der Waals surface area contributed by atoms with Crippen LogP contribution in [0.4, 0.5) is 5.82 Å². The van der Waals surface area contributed by atoms with E-state index in [9.17, 15) is 9.59 Å². The molecule has 3 aromatic rings. The minimum atomic E-state index is -0.570. The summed E-state index contributed by atoms with van der Waals surface area (Å²) in [4.78, 5) is 32.4. The van der Waals surface area contributed by atoms with Crippen molar-refractivity contribution >= 4 is 17.7 Å². The van der Waals surface area contributed by atoms with Crippen molar-refractivity contribution in [2.24, 2.45) is 0 Å². The van der Waals surface area contributed by atoms with E-state index in [1.54, 1.807) is 19.1 Å². The molecule has 1 amide bonds. The number of rotatable bonds is 5. The van der Waals surface area contributed by atoms with Crippen molar-refractivity contribution in [3.8, 4) is 5.69 Å². The molecule has 0 saturated carbocycles. The Hall–Kier alpha value is -3.55. The Labute approximate surface area is 143 Å². The number of aromatic nitrogens is 4. The van der Waals surface area contributed by atoms with Crippen LogP contribution in [0.25, 0.3) is 5.69 Å². The van der Waals surface area contributed by atoms with E-state index in [2.05, 4.69) is 20.4 Å². The first kappa shape index (κ1) is 16.3. The zero-order valence-corrected chi connectivity index (χ0v) is 13.4. The van der Waals surface area contributed by atoms with E-state index >= 15 is 0 Å². The number of benzene rings is 1. The topological polar surface area (TPSA) is 99.0 Å². The lowest BCUT2D eigenvalue weighted by atomic mass is 10.3. The van der Waals surface area contributed by atoms with Crippen LogP contribution in [0.2, 0.25) is 0 Å². The number of esters is 1. The van der Waals surface area contributed by atoms with Gasteiger partial charge in [-0.3, -0.25) is 9.78 Å². The molecular weight excluding hydrogens is 322 g/mol. The Morgan fingerprint density at radius 2 is 1.96 bits per heavy atom. The van der Waals surface area contributed by atoms with Gasteiger partial charge in [0.1, 0.15) is 11.3 Å². The Balaban J connectivity index is 2.01. The number of carbonyl (C=O) groups excluding carboxylic acids is 2. The van der Waals surface area contributed by atoms with Crippen LogP contribution in [-0.4, -0.2) is 38.2 Å². The Bertz CT molecular complexity index is 878. The molecule has 0 aliphatic rings. The molecule has 0 aliphatic carbocycles. The highest BCUT2D eigenvalue weighted by Crippen LogP contribution is 2.21. The molecule has 8 nitrogen and oxygen atoms in total. The smallest absolute Gasteiger partial charge is 0.343 e. The molecule has 1 N–H and O–H groups in total. The summed E-state index contributed by atoms with van der Waals surface area (Å²) in [6.07, 6.45) is 5.57. The molecule has 2 aromatic heterocycles. The molecule has 0 fully saturated rings. The fourth-order valence-corrected chi connectivity index (χ4v) is 2.18. The number of hydrogen-bond donors (Lipinski definition) is 1. The average Bonchev–Trinajstić information content (AvgIpc) is 3.07. The van der Waals surface area contributed by atoms with E-state index in [1.807, 2.05) is 18.2 Å². The van der Waals surface area contributed by atoms with Crippen molar-refractivity contribution in [3.63, 3.8) is 0 Å². The summed E-state index contributed by atoms with van der Waals surface area (Å²) in [7, 11) is 0. The molecule has 126 valence electrons. The molecule has 0 aliphatic heterocycles. The minimum Gasteiger partial charge on any atom is -0.462 e. The minimum absolute atomic E-state index is 0.123. The number of nitrogens with zero attached hydrogens (tertiary/aromatic N) is 4. The molecular formula is C17H15N5O3. The highest BCUT2D eigenvalue weighted by atomic mass is 16.5. The maximum atomic E-state index is 12.4.